The molecule has 19 heavy (non-hydrogen) atoms. The average molecular weight is 255 g/mol. The van der Waals surface area contributed by atoms with Gasteiger partial charge in [-0.3, -0.25) is 0 Å². The number of rotatable bonds is 4. The minimum Gasteiger partial charge on any atom is -0.469 e. The van der Waals surface area contributed by atoms with Crippen LogP contribution in [0.1, 0.15) is 40.9 Å². The normalized spacial score (nSPS) is 14.4. The molecule has 0 fully saturated rings. The van der Waals surface area contributed by atoms with E-state index in [1.54, 1.807) is 17.4 Å². The first-order valence-corrected chi connectivity index (χ1v) is 7.17. The molecule has 0 spiro atoms. The molecule has 1 aromatic heterocycles. The van der Waals surface area contributed by atoms with Gasteiger partial charge in [-0.1, -0.05) is 18.2 Å². The highest BCUT2D eigenvalue weighted by Crippen LogP contribution is 2.22. The minimum absolute atomic E-state index is 0.874. The van der Waals surface area contributed by atoms with E-state index in [1.807, 2.05) is 13.0 Å². The van der Waals surface area contributed by atoms with Gasteiger partial charge in [0, 0.05) is 18.7 Å². The van der Waals surface area contributed by atoms with Gasteiger partial charge >= 0.3 is 0 Å². The zero-order valence-electron chi connectivity index (χ0n) is 11.5. The molecule has 2 aromatic rings. The smallest absolute Gasteiger partial charge is 0.105 e. The molecule has 0 bridgehead atoms. The van der Waals surface area contributed by atoms with Crippen LogP contribution >= 0.6 is 0 Å². The molecule has 1 heterocycles. The third-order valence-electron chi connectivity index (χ3n) is 4.02. The number of nitrogens with one attached hydrogen (secondary N) is 1. The summed E-state index contributed by atoms with van der Waals surface area (Å²) < 4.78 is 5.30. The van der Waals surface area contributed by atoms with Crippen molar-refractivity contribution < 1.29 is 4.42 Å². The molecule has 1 aliphatic carbocycles. The van der Waals surface area contributed by atoms with Crippen LogP contribution in [0, 0.1) is 6.92 Å². The van der Waals surface area contributed by atoms with Crippen LogP contribution in [0.3, 0.4) is 0 Å². The van der Waals surface area contributed by atoms with Crippen molar-refractivity contribution in [2.24, 2.45) is 0 Å². The van der Waals surface area contributed by atoms with Gasteiger partial charge in [0.1, 0.15) is 5.76 Å². The molecule has 0 unspecified atom stereocenters. The molecule has 0 radical (unpaired) electrons. The fourth-order valence-electron chi connectivity index (χ4n) is 2.83. The van der Waals surface area contributed by atoms with Crippen molar-refractivity contribution in [1.29, 1.82) is 0 Å². The lowest BCUT2D eigenvalue weighted by Crippen LogP contribution is -2.13. The summed E-state index contributed by atoms with van der Waals surface area (Å²) in [6.45, 7) is 3.81. The molecule has 0 atom stereocenters. The standard InChI is InChI=1S/C17H21NO/c1-13-17(8-9-19-13)12-18-11-14-6-7-15-4-2-3-5-16(15)10-14/h6-10,18H,2-5,11-12H2,1H3. The molecule has 1 aliphatic rings. The number of benzene rings is 1. The lowest BCUT2D eigenvalue weighted by atomic mass is 9.90. The number of fused-ring (bicyclic) bond motifs is 1. The van der Waals surface area contributed by atoms with E-state index in [4.69, 9.17) is 4.42 Å². The van der Waals surface area contributed by atoms with E-state index in [1.165, 1.54) is 36.8 Å². The van der Waals surface area contributed by atoms with Crippen molar-refractivity contribution in [2.45, 2.75) is 45.7 Å². The van der Waals surface area contributed by atoms with E-state index < -0.39 is 0 Å². The summed E-state index contributed by atoms with van der Waals surface area (Å²) in [7, 11) is 0. The molecule has 2 nitrogen and oxygen atoms in total. The van der Waals surface area contributed by atoms with Gasteiger partial charge in [0.05, 0.1) is 6.26 Å². The van der Waals surface area contributed by atoms with Gasteiger partial charge in [-0.2, -0.15) is 0 Å². The maximum absolute atomic E-state index is 5.30. The summed E-state index contributed by atoms with van der Waals surface area (Å²) in [5.74, 6) is 1.01. The van der Waals surface area contributed by atoms with Gasteiger partial charge < -0.3 is 9.73 Å². The second-order valence-electron chi connectivity index (χ2n) is 5.42. The summed E-state index contributed by atoms with van der Waals surface area (Å²) in [6, 6.07) is 8.99. The number of hydrogen-bond acceptors (Lipinski definition) is 2. The molecule has 0 saturated carbocycles. The van der Waals surface area contributed by atoms with E-state index in [0.29, 0.717) is 0 Å². The molecule has 3 rings (SSSR count). The lowest BCUT2D eigenvalue weighted by molar-refractivity contribution is 0.526. The van der Waals surface area contributed by atoms with Gasteiger partial charge in [-0.05, 0) is 55.4 Å². The molecule has 100 valence electrons. The van der Waals surface area contributed by atoms with Gasteiger partial charge in [-0.25, -0.2) is 0 Å². The van der Waals surface area contributed by atoms with E-state index in [-0.39, 0.29) is 0 Å². The molecular weight excluding hydrogens is 234 g/mol. The quantitative estimate of drug-likeness (QED) is 0.900. The van der Waals surface area contributed by atoms with Gasteiger partial charge in [0.25, 0.3) is 0 Å². The number of hydrogen-bond donors (Lipinski definition) is 1. The highest BCUT2D eigenvalue weighted by atomic mass is 16.3. The predicted molar refractivity (Wildman–Crippen MR) is 77.1 cm³/mol. The Balaban J connectivity index is 1.59. The zero-order valence-corrected chi connectivity index (χ0v) is 11.5. The zero-order chi connectivity index (χ0) is 13.1. The average Bonchev–Trinajstić information content (AvgIpc) is 2.84. The summed E-state index contributed by atoms with van der Waals surface area (Å²) >= 11 is 0. The van der Waals surface area contributed by atoms with Crippen LogP contribution in [-0.2, 0) is 25.9 Å². The van der Waals surface area contributed by atoms with E-state index in [2.05, 4.69) is 23.5 Å². The van der Waals surface area contributed by atoms with Crippen molar-refractivity contribution in [3.63, 3.8) is 0 Å². The van der Waals surface area contributed by atoms with Gasteiger partial charge in [0.2, 0.25) is 0 Å². The van der Waals surface area contributed by atoms with Crippen LogP contribution in [0.25, 0.3) is 0 Å². The number of furan rings is 1. The Bertz CT molecular complexity index is 556. The monoisotopic (exact) mass is 255 g/mol. The molecule has 0 saturated heterocycles. The second kappa shape index (κ2) is 5.62. The Kier molecular flexibility index (Phi) is 3.69. The molecule has 0 aliphatic heterocycles. The van der Waals surface area contributed by atoms with Crippen LogP contribution in [-0.4, -0.2) is 0 Å². The third-order valence-corrected chi connectivity index (χ3v) is 4.02. The largest absolute Gasteiger partial charge is 0.469 e. The van der Waals surface area contributed by atoms with Gasteiger partial charge in [-0.15, -0.1) is 0 Å². The summed E-state index contributed by atoms with van der Waals surface area (Å²) in [5, 5.41) is 3.49. The first-order valence-electron chi connectivity index (χ1n) is 7.17. The Hall–Kier alpha value is -1.54. The van der Waals surface area contributed by atoms with Crippen LogP contribution in [0.2, 0.25) is 0 Å². The third kappa shape index (κ3) is 2.90. The summed E-state index contributed by atoms with van der Waals surface area (Å²) in [5.41, 5.74) is 5.76. The van der Waals surface area contributed by atoms with Crippen LogP contribution in [0.5, 0.6) is 0 Å². The first kappa shape index (κ1) is 12.5. The number of aryl methyl sites for hydroxylation is 3. The lowest BCUT2D eigenvalue weighted by Gasteiger charge is -2.16. The minimum atomic E-state index is 0.874. The molecular formula is C17H21NO. The fraction of sp³-hybridized carbons (Fsp3) is 0.412. The Morgan fingerprint density at radius 3 is 2.68 bits per heavy atom. The van der Waals surface area contributed by atoms with Crippen LogP contribution in [0.4, 0.5) is 0 Å². The predicted octanol–water partition coefficient (Wildman–Crippen LogP) is 3.76. The van der Waals surface area contributed by atoms with Crippen LogP contribution < -0.4 is 5.32 Å². The highest BCUT2D eigenvalue weighted by molar-refractivity contribution is 5.33. The molecule has 1 N–H and O–H groups in total. The molecule has 0 amide bonds. The maximum Gasteiger partial charge on any atom is 0.105 e. The van der Waals surface area contributed by atoms with Crippen molar-refractivity contribution >= 4 is 0 Å². The van der Waals surface area contributed by atoms with Crippen molar-refractivity contribution in [3.8, 4) is 0 Å². The SMILES string of the molecule is Cc1occc1CNCc1ccc2c(c1)CCCC2. The second-order valence-corrected chi connectivity index (χ2v) is 5.42. The first-order chi connectivity index (χ1) is 9.33. The van der Waals surface area contributed by atoms with E-state index >= 15 is 0 Å². The van der Waals surface area contributed by atoms with E-state index in [0.717, 1.165) is 18.8 Å². The van der Waals surface area contributed by atoms with Gasteiger partial charge in [0.15, 0.2) is 0 Å². The Morgan fingerprint density at radius 2 is 1.89 bits per heavy atom. The maximum atomic E-state index is 5.30. The van der Waals surface area contributed by atoms with E-state index in [9.17, 15) is 0 Å². The molecule has 2 heteroatoms. The van der Waals surface area contributed by atoms with Crippen molar-refractivity contribution in [1.82, 2.24) is 5.32 Å². The molecule has 1 aromatic carbocycles. The van der Waals surface area contributed by atoms with Crippen molar-refractivity contribution in [3.05, 3.63) is 58.5 Å². The fourth-order valence-corrected chi connectivity index (χ4v) is 2.83. The van der Waals surface area contributed by atoms with Crippen LogP contribution in [0.15, 0.2) is 34.9 Å². The summed E-state index contributed by atoms with van der Waals surface area (Å²) in [4.78, 5) is 0. The van der Waals surface area contributed by atoms with Crippen molar-refractivity contribution in [2.75, 3.05) is 0 Å². The highest BCUT2D eigenvalue weighted by Gasteiger charge is 2.09. The summed E-state index contributed by atoms with van der Waals surface area (Å²) in [6.07, 6.45) is 6.97. The Labute approximate surface area is 114 Å². The Morgan fingerprint density at radius 1 is 1.05 bits per heavy atom. The topological polar surface area (TPSA) is 25.2 Å².